The molecule has 0 spiro atoms. The highest BCUT2D eigenvalue weighted by Crippen LogP contribution is 2.19. The molecule has 2 aliphatic rings. The molecule has 0 aromatic carbocycles. The number of nitrogens with zero attached hydrogens (tertiary/aromatic N) is 1. The van der Waals surface area contributed by atoms with Crippen LogP contribution in [0, 0.1) is 5.92 Å². The van der Waals surface area contributed by atoms with Gasteiger partial charge < -0.3 is 11.1 Å². The van der Waals surface area contributed by atoms with Crippen molar-refractivity contribution in [3.8, 4) is 0 Å². The first-order chi connectivity index (χ1) is 11.0. The molecule has 1 heterocycles. The summed E-state index contributed by atoms with van der Waals surface area (Å²) >= 11 is 0. The fraction of sp³-hybridized carbons (Fsp3) is 0.812. The second-order valence-corrected chi connectivity index (χ2v) is 6.69. The number of primary amides is 1. The van der Waals surface area contributed by atoms with Crippen molar-refractivity contribution in [3.05, 3.63) is 0 Å². The summed E-state index contributed by atoms with van der Waals surface area (Å²) in [5.41, 5.74) is 5.31. The Balaban J connectivity index is 1.74. The summed E-state index contributed by atoms with van der Waals surface area (Å²) in [6, 6.07) is -0.611. The van der Waals surface area contributed by atoms with Crippen molar-refractivity contribution in [1.82, 2.24) is 15.5 Å². The van der Waals surface area contributed by atoms with Gasteiger partial charge in [-0.15, -0.1) is 0 Å². The number of rotatable bonds is 4. The fourth-order valence-electron chi connectivity index (χ4n) is 3.42. The second-order valence-electron chi connectivity index (χ2n) is 6.69. The van der Waals surface area contributed by atoms with Gasteiger partial charge in [0.1, 0.15) is 0 Å². The topological polar surface area (TPSA) is 105 Å². The van der Waals surface area contributed by atoms with Crippen LogP contribution in [0.4, 0.5) is 4.79 Å². The Morgan fingerprint density at radius 1 is 1.04 bits per heavy atom. The van der Waals surface area contributed by atoms with Gasteiger partial charge >= 0.3 is 6.03 Å². The summed E-state index contributed by atoms with van der Waals surface area (Å²) in [4.78, 5) is 37.3. The van der Waals surface area contributed by atoms with Crippen LogP contribution in [0.5, 0.6) is 0 Å². The zero-order valence-electron chi connectivity index (χ0n) is 13.8. The van der Waals surface area contributed by atoms with E-state index >= 15 is 0 Å². The first-order valence-corrected chi connectivity index (χ1v) is 8.62. The van der Waals surface area contributed by atoms with Crippen LogP contribution in [-0.2, 0) is 9.59 Å². The lowest BCUT2D eigenvalue weighted by Crippen LogP contribution is -2.53. The van der Waals surface area contributed by atoms with Crippen LogP contribution in [0.3, 0.4) is 0 Å². The van der Waals surface area contributed by atoms with Gasteiger partial charge in [0.2, 0.25) is 11.8 Å². The largest absolute Gasteiger partial charge is 0.369 e. The number of amides is 4. The predicted molar refractivity (Wildman–Crippen MR) is 86.5 cm³/mol. The van der Waals surface area contributed by atoms with Gasteiger partial charge in [-0.05, 0) is 45.7 Å². The van der Waals surface area contributed by atoms with Gasteiger partial charge in [-0.1, -0.05) is 19.3 Å². The number of carbonyl (C=O) groups is 3. The minimum atomic E-state index is -0.402. The fourth-order valence-corrected chi connectivity index (χ4v) is 3.42. The highest BCUT2D eigenvalue weighted by atomic mass is 16.2. The van der Waals surface area contributed by atoms with E-state index in [-0.39, 0.29) is 29.8 Å². The van der Waals surface area contributed by atoms with Crippen molar-refractivity contribution in [2.45, 2.75) is 64.0 Å². The summed E-state index contributed by atoms with van der Waals surface area (Å²) in [5, 5.41) is 5.31. The molecule has 4 N–H and O–H groups in total. The zero-order valence-corrected chi connectivity index (χ0v) is 13.8. The number of urea groups is 1. The molecule has 7 heteroatoms. The number of hydrogen-bond donors (Lipinski definition) is 3. The Morgan fingerprint density at radius 2 is 1.65 bits per heavy atom. The minimum Gasteiger partial charge on any atom is -0.369 e. The molecule has 0 bridgehead atoms. The first kappa shape index (κ1) is 17.7. The van der Waals surface area contributed by atoms with Crippen LogP contribution in [0.2, 0.25) is 0 Å². The molecule has 130 valence electrons. The Kier molecular flexibility index (Phi) is 6.38. The highest BCUT2D eigenvalue weighted by molar-refractivity contribution is 5.96. The maximum Gasteiger partial charge on any atom is 0.321 e. The lowest BCUT2D eigenvalue weighted by atomic mass is 9.95. The summed E-state index contributed by atoms with van der Waals surface area (Å²) in [6.45, 7) is 3.08. The van der Waals surface area contributed by atoms with Crippen LogP contribution in [0.25, 0.3) is 0 Å². The summed E-state index contributed by atoms with van der Waals surface area (Å²) in [5.74, 6) is -0.666. The van der Waals surface area contributed by atoms with Gasteiger partial charge in [-0.3, -0.25) is 19.8 Å². The molecule has 1 unspecified atom stereocenters. The molecule has 2 rings (SSSR count). The molecule has 1 saturated heterocycles. The van der Waals surface area contributed by atoms with E-state index in [1.807, 2.05) is 4.90 Å². The normalized spacial score (nSPS) is 22.3. The molecule has 4 amide bonds. The maximum atomic E-state index is 12.2. The Hall–Kier alpha value is -1.63. The molecular formula is C16H28N4O3. The molecule has 0 aromatic rings. The van der Waals surface area contributed by atoms with Crippen molar-refractivity contribution in [1.29, 1.82) is 0 Å². The van der Waals surface area contributed by atoms with E-state index in [2.05, 4.69) is 10.6 Å². The van der Waals surface area contributed by atoms with E-state index in [0.29, 0.717) is 25.9 Å². The first-order valence-electron chi connectivity index (χ1n) is 8.62. The Morgan fingerprint density at radius 3 is 2.22 bits per heavy atom. The number of likely N-dealkylation sites (tertiary alicyclic amines) is 1. The molecule has 1 aliphatic carbocycles. The van der Waals surface area contributed by atoms with Crippen LogP contribution < -0.4 is 16.4 Å². The lowest BCUT2D eigenvalue weighted by molar-refractivity contribution is -0.126. The number of nitrogens with one attached hydrogen (secondary N) is 2. The van der Waals surface area contributed by atoms with E-state index in [9.17, 15) is 14.4 Å². The van der Waals surface area contributed by atoms with E-state index in [4.69, 9.17) is 5.73 Å². The van der Waals surface area contributed by atoms with E-state index in [0.717, 1.165) is 25.7 Å². The van der Waals surface area contributed by atoms with Gasteiger partial charge in [0.25, 0.3) is 0 Å². The van der Waals surface area contributed by atoms with Crippen LogP contribution in [0.15, 0.2) is 0 Å². The van der Waals surface area contributed by atoms with Crippen molar-refractivity contribution in [2.75, 3.05) is 13.1 Å². The van der Waals surface area contributed by atoms with E-state index < -0.39 is 6.03 Å². The molecule has 7 nitrogen and oxygen atoms in total. The molecule has 1 aliphatic heterocycles. The molecule has 2 fully saturated rings. The van der Waals surface area contributed by atoms with Crippen molar-refractivity contribution >= 4 is 17.8 Å². The third kappa shape index (κ3) is 5.20. The number of imide groups is 1. The minimum absolute atomic E-state index is 0.101. The molecule has 0 radical (unpaired) electrons. The highest BCUT2D eigenvalue weighted by Gasteiger charge is 2.29. The molecule has 1 atom stereocenters. The van der Waals surface area contributed by atoms with Gasteiger partial charge in [-0.25, -0.2) is 4.79 Å². The average Bonchev–Trinajstić information content (AvgIpc) is 2.55. The SMILES string of the molecule is CC(C(=O)NC(=O)NC1CCCCC1)N1CCC(C(N)=O)CC1. The van der Waals surface area contributed by atoms with Crippen LogP contribution in [-0.4, -0.2) is 47.9 Å². The lowest BCUT2D eigenvalue weighted by Gasteiger charge is -2.34. The maximum absolute atomic E-state index is 12.2. The third-order valence-corrected chi connectivity index (χ3v) is 5.04. The van der Waals surface area contributed by atoms with E-state index in [1.165, 1.54) is 6.42 Å². The van der Waals surface area contributed by atoms with Crippen LogP contribution >= 0.6 is 0 Å². The zero-order chi connectivity index (χ0) is 16.8. The van der Waals surface area contributed by atoms with Crippen molar-refractivity contribution < 1.29 is 14.4 Å². The molecular weight excluding hydrogens is 296 g/mol. The molecule has 0 aromatic heterocycles. The average molecular weight is 324 g/mol. The molecule has 1 saturated carbocycles. The quantitative estimate of drug-likeness (QED) is 0.709. The smallest absolute Gasteiger partial charge is 0.321 e. The Labute approximate surface area is 137 Å². The van der Waals surface area contributed by atoms with Gasteiger partial charge in [0.15, 0.2) is 0 Å². The van der Waals surface area contributed by atoms with Crippen molar-refractivity contribution in [2.24, 2.45) is 11.7 Å². The number of carbonyl (C=O) groups excluding carboxylic acids is 3. The van der Waals surface area contributed by atoms with Gasteiger partial charge in [0.05, 0.1) is 6.04 Å². The summed E-state index contributed by atoms with van der Waals surface area (Å²) in [6.07, 6.45) is 6.78. The standard InChI is InChI=1S/C16H28N4O3/c1-11(20-9-7-12(8-10-20)14(17)21)15(22)19-16(23)18-13-5-3-2-4-6-13/h11-13H,2-10H2,1H3,(H2,17,21)(H2,18,19,22,23). The summed E-state index contributed by atoms with van der Waals surface area (Å²) < 4.78 is 0. The van der Waals surface area contributed by atoms with Gasteiger partial charge in [0, 0.05) is 12.0 Å². The second kappa shape index (κ2) is 8.29. The third-order valence-electron chi connectivity index (χ3n) is 5.04. The van der Waals surface area contributed by atoms with E-state index in [1.54, 1.807) is 6.92 Å². The predicted octanol–water partition coefficient (Wildman–Crippen LogP) is 0.731. The van der Waals surface area contributed by atoms with Crippen LogP contribution in [0.1, 0.15) is 51.9 Å². The summed E-state index contributed by atoms with van der Waals surface area (Å²) in [7, 11) is 0. The van der Waals surface area contributed by atoms with Crippen molar-refractivity contribution in [3.63, 3.8) is 0 Å². The molecule has 23 heavy (non-hydrogen) atoms. The number of hydrogen-bond acceptors (Lipinski definition) is 4. The number of nitrogens with two attached hydrogens (primary N) is 1. The Bertz CT molecular complexity index is 441. The number of piperidine rings is 1. The monoisotopic (exact) mass is 324 g/mol. The van der Waals surface area contributed by atoms with Gasteiger partial charge in [-0.2, -0.15) is 0 Å².